The second-order valence-electron chi connectivity index (χ2n) is 3.37. The van der Waals surface area contributed by atoms with E-state index in [0.717, 1.165) is 11.4 Å². The second-order valence-corrected chi connectivity index (χ2v) is 5.38. The molecule has 19 heavy (non-hydrogen) atoms. The Morgan fingerprint density at radius 3 is 2.21 bits per heavy atom. The van der Waals surface area contributed by atoms with E-state index in [0.29, 0.717) is 11.7 Å². The summed E-state index contributed by atoms with van der Waals surface area (Å²) < 4.78 is 31.6. The molecule has 0 aliphatic carbocycles. The van der Waals surface area contributed by atoms with Crippen molar-refractivity contribution in [3.63, 3.8) is 0 Å². The Labute approximate surface area is 116 Å². The number of nitrogens with two attached hydrogens (primary N) is 2. The van der Waals surface area contributed by atoms with Gasteiger partial charge in [-0.1, -0.05) is 29.5 Å². The highest BCUT2D eigenvalue weighted by Crippen LogP contribution is 2.14. The van der Waals surface area contributed by atoms with E-state index in [-0.39, 0.29) is 0 Å². The summed E-state index contributed by atoms with van der Waals surface area (Å²) in [6.45, 7) is 2.66. The van der Waals surface area contributed by atoms with Gasteiger partial charge in [-0.15, -0.1) is 0 Å². The van der Waals surface area contributed by atoms with Gasteiger partial charge in [-0.2, -0.15) is 8.42 Å². The lowest BCUT2D eigenvalue weighted by Gasteiger charge is -1.99. The molecule has 7 nitrogen and oxygen atoms in total. The molecule has 0 fully saturated rings. The molecule has 1 rings (SSSR count). The SMILES string of the molecule is Cc1ccc(N=C(N)SCCN)cc1.O=S(=O)(O)O. The molecule has 0 aliphatic heterocycles. The minimum absolute atomic E-state index is 0.569. The van der Waals surface area contributed by atoms with Crippen molar-refractivity contribution in [1.82, 2.24) is 0 Å². The number of amidine groups is 1. The molecule has 0 radical (unpaired) electrons. The normalized spacial score (nSPS) is 11.7. The van der Waals surface area contributed by atoms with Crippen molar-refractivity contribution in [3.05, 3.63) is 29.8 Å². The van der Waals surface area contributed by atoms with Gasteiger partial charge in [0.25, 0.3) is 0 Å². The number of aryl methyl sites for hydroxylation is 1. The molecule has 0 bridgehead atoms. The number of aliphatic imine (C=N–C) groups is 1. The molecule has 0 saturated carbocycles. The number of nitrogens with zero attached hydrogens (tertiary/aromatic N) is 1. The number of thioether (sulfide) groups is 1. The molecular weight excluding hydrogens is 290 g/mol. The van der Waals surface area contributed by atoms with E-state index in [2.05, 4.69) is 4.99 Å². The van der Waals surface area contributed by atoms with Crippen LogP contribution in [0.3, 0.4) is 0 Å². The van der Waals surface area contributed by atoms with Gasteiger partial charge >= 0.3 is 10.4 Å². The Morgan fingerprint density at radius 2 is 1.79 bits per heavy atom. The van der Waals surface area contributed by atoms with Crippen LogP contribution in [0.2, 0.25) is 0 Å². The molecule has 6 N–H and O–H groups in total. The molecule has 0 amide bonds. The van der Waals surface area contributed by atoms with Gasteiger partial charge in [-0.25, -0.2) is 4.99 Å². The van der Waals surface area contributed by atoms with E-state index in [1.165, 1.54) is 17.3 Å². The molecule has 0 aliphatic rings. The van der Waals surface area contributed by atoms with E-state index in [1.807, 2.05) is 31.2 Å². The van der Waals surface area contributed by atoms with Crippen molar-refractivity contribution in [2.45, 2.75) is 6.92 Å². The highest BCUT2D eigenvalue weighted by molar-refractivity contribution is 8.13. The van der Waals surface area contributed by atoms with Crippen LogP contribution < -0.4 is 11.5 Å². The maximum absolute atomic E-state index is 8.74. The first-order chi connectivity index (χ1) is 8.72. The number of hydrogen-bond donors (Lipinski definition) is 4. The number of rotatable bonds is 3. The van der Waals surface area contributed by atoms with Crippen molar-refractivity contribution >= 4 is 33.0 Å². The summed E-state index contributed by atoms with van der Waals surface area (Å²) >= 11 is 1.48. The average molecular weight is 307 g/mol. The van der Waals surface area contributed by atoms with Crippen LogP contribution in [0.5, 0.6) is 0 Å². The molecular formula is C10H17N3O4S2. The van der Waals surface area contributed by atoms with E-state index in [1.54, 1.807) is 0 Å². The van der Waals surface area contributed by atoms with Gasteiger partial charge in [0.1, 0.15) is 0 Å². The van der Waals surface area contributed by atoms with Gasteiger partial charge in [0.2, 0.25) is 0 Å². The van der Waals surface area contributed by atoms with Crippen LogP contribution in [0.4, 0.5) is 5.69 Å². The number of hydrogen-bond acceptors (Lipinski definition) is 5. The van der Waals surface area contributed by atoms with E-state index < -0.39 is 10.4 Å². The first kappa shape index (κ1) is 17.9. The molecule has 0 heterocycles. The standard InChI is InChI=1S/C10H15N3S.H2O4S/c1-8-2-4-9(5-3-8)13-10(12)14-7-6-11;1-5(2,3)4/h2-5H,6-7,11H2,1H3,(H2,12,13);(H2,1,2,3,4). The van der Waals surface area contributed by atoms with E-state index in [4.69, 9.17) is 29.0 Å². The molecule has 1 aromatic carbocycles. The van der Waals surface area contributed by atoms with E-state index >= 15 is 0 Å². The van der Waals surface area contributed by atoms with Gasteiger partial charge in [-0.05, 0) is 19.1 Å². The maximum atomic E-state index is 8.74. The van der Waals surface area contributed by atoms with Crippen LogP contribution in [0, 0.1) is 6.92 Å². The molecule has 0 atom stereocenters. The van der Waals surface area contributed by atoms with Crippen molar-refractivity contribution in [3.8, 4) is 0 Å². The summed E-state index contributed by atoms with van der Waals surface area (Å²) in [6, 6.07) is 7.93. The monoisotopic (exact) mass is 307 g/mol. The predicted octanol–water partition coefficient (Wildman–Crippen LogP) is 0.980. The summed E-state index contributed by atoms with van der Waals surface area (Å²) in [7, 11) is -4.67. The summed E-state index contributed by atoms with van der Waals surface area (Å²) in [6.07, 6.45) is 0. The van der Waals surface area contributed by atoms with Gasteiger partial charge in [-0.3, -0.25) is 9.11 Å². The summed E-state index contributed by atoms with van der Waals surface area (Å²) in [5, 5.41) is 0.569. The van der Waals surface area contributed by atoms with Gasteiger partial charge in [0.15, 0.2) is 5.17 Å². The third-order valence-corrected chi connectivity index (χ3v) is 2.47. The third kappa shape index (κ3) is 13.1. The fraction of sp³-hybridized carbons (Fsp3) is 0.300. The van der Waals surface area contributed by atoms with Gasteiger partial charge in [0, 0.05) is 12.3 Å². The molecule has 0 spiro atoms. The largest absolute Gasteiger partial charge is 0.394 e. The highest BCUT2D eigenvalue weighted by atomic mass is 32.3. The van der Waals surface area contributed by atoms with Crippen molar-refractivity contribution in [2.24, 2.45) is 16.5 Å². The summed E-state index contributed by atoms with van der Waals surface area (Å²) in [5.41, 5.74) is 13.2. The fourth-order valence-corrected chi connectivity index (χ4v) is 1.44. The van der Waals surface area contributed by atoms with E-state index in [9.17, 15) is 0 Å². The lowest BCUT2D eigenvalue weighted by Crippen LogP contribution is -2.10. The van der Waals surface area contributed by atoms with Gasteiger partial charge in [0.05, 0.1) is 5.69 Å². The molecule has 9 heteroatoms. The summed E-state index contributed by atoms with van der Waals surface area (Å²) in [5.74, 6) is 0.807. The Kier molecular flexibility index (Phi) is 8.35. The summed E-state index contributed by atoms with van der Waals surface area (Å²) in [4.78, 5) is 4.24. The number of benzene rings is 1. The molecule has 0 unspecified atom stereocenters. The zero-order chi connectivity index (χ0) is 14.9. The van der Waals surface area contributed by atoms with Gasteiger partial charge < -0.3 is 11.5 Å². The minimum Gasteiger partial charge on any atom is -0.378 e. The smallest absolute Gasteiger partial charge is 0.378 e. The highest BCUT2D eigenvalue weighted by Gasteiger charge is 1.93. The topological polar surface area (TPSA) is 139 Å². The van der Waals surface area contributed by atoms with Crippen molar-refractivity contribution in [2.75, 3.05) is 12.3 Å². The van der Waals surface area contributed by atoms with Crippen LogP contribution in [-0.2, 0) is 10.4 Å². The minimum atomic E-state index is -4.67. The molecule has 0 saturated heterocycles. The fourth-order valence-electron chi connectivity index (χ4n) is 0.942. The van der Waals surface area contributed by atoms with Crippen molar-refractivity contribution in [1.29, 1.82) is 0 Å². The Balaban J connectivity index is 0.000000555. The maximum Gasteiger partial charge on any atom is 0.394 e. The van der Waals surface area contributed by atoms with Crippen LogP contribution in [0.1, 0.15) is 5.56 Å². The second kappa shape index (κ2) is 8.88. The van der Waals surface area contributed by atoms with Crippen molar-refractivity contribution < 1.29 is 17.5 Å². The Morgan fingerprint density at radius 1 is 1.32 bits per heavy atom. The quantitative estimate of drug-likeness (QED) is 0.371. The van der Waals surface area contributed by atoms with Crippen LogP contribution in [-0.4, -0.2) is 35.0 Å². The lowest BCUT2D eigenvalue weighted by molar-refractivity contribution is 0.381. The third-order valence-electron chi connectivity index (χ3n) is 1.64. The molecule has 108 valence electrons. The molecule has 0 aromatic heterocycles. The van der Waals surface area contributed by atoms with Crippen LogP contribution in [0.15, 0.2) is 29.3 Å². The van der Waals surface area contributed by atoms with Crippen LogP contribution in [0.25, 0.3) is 0 Å². The predicted molar refractivity (Wildman–Crippen MR) is 78.2 cm³/mol. The van der Waals surface area contributed by atoms with Crippen LogP contribution >= 0.6 is 11.8 Å². The Hall–Kier alpha value is -1.13. The average Bonchev–Trinajstić information content (AvgIpc) is 2.27. The zero-order valence-corrected chi connectivity index (χ0v) is 12.0. The first-order valence-electron chi connectivity index (χ1n) is 5.16. The first-order valence-corrected chi connectivity index (χ1v) is 7.54. The zero-order valence-electron chi connectivity index (χ0n) is 10.4. The Bertz CT molecular complexity index is 492. The lowest BCUT2D eigenvalue weighted by atomic mass is 10.2. The molecule has 1 aromatic rings.